The summed E-state index contributed by atoms with van der Waals surface area (Å²) in [6.07, 6.45) is 4.81. The predicted octanol–water partition coefficient (Wildman–Crippen LogP) is 1.37. The standard InChI is InChI=1S/C12H15FN6/c13-9-6-12(18-4-2-1-3-5-18)10(14)7-11(9)19-8-15-16-17-19/h6-8H,1-5,14H2. The lowest BCUT2D eigenvalue weighted by molar-refractivity contribution is 0.572. The third-order valence-corrected chi connectivity index (χ3v) is 3.39. The van der Waals surface area contributed by atoms with Gasteiger partial charge in [-0.3, -0.25) is 0 Å². The van der Waals surface area contributed by atoms with Crippen molar-refractivity contribution >= 4 is 11.4 Å². The van der Waals surface area contributed by atoms with Crippen molar-refractivity contribution in [2.75, 3.05) is 23.7 Å². The second-order valence-corrected chi connectivity index (χ2v) is 4.66. The van der Waals surface area contributed by atoms with Gasteiger partial charge < -0.3 is 10.6 Å². The van der Waals surface area contributed by atoms with E-state index in [1.54, 1.807) is 6.07 Å². The summed E-state index contributed by atoms with van der Waals surface area (Å²) in [5, 5.41) is 10.7. The van der Waals surface area contributed by atoms with Gasteiger partial charge in [-0.25, -0.2) is 4.39 Å². The van der Waals surface area contributed by atoms with Crippen molar-refractivity contribution in [3.8, 4) is 5.69 Å². The number of nitrogens with zero attached hydrogens (tertiary/aromatic N) is 5. The molecule has 3 rings (SSSR count). The zero-order valence-electron chi connectivity index (χ0n) is 10.5. The maximum Gasteiger partial charge on any atom is 0.151 e. The summed E-state index contributed by atoms with van der Waals surface area (Å²) in [5.74, 6) is -0.373. The van der Waals surface area contributed by atoms with Gasteiger partial charge in [-0.1, -0.05) is 0 Å². The number of piperidine rings is 1. The van der Waals surface area contributed by atoms with Crippen LogP contribution >= 0.6 is 0 Å². The maximum absolute atomic E-state index is 14.1. The van der Waals surface area contributed by atoms with E-state index in [1.807, 2.05) is 0 Å². The summed E-state index contributed by atoms with van der Waals surface area (Å²) >= 11 is 0. The van der Waals surface area contributed by atoms with Crippen LogP contribution in [0.3, 0.4) is 0 Å². The van der Waals surface area contributed by atoms with E-state index in [1.165, 1.54) is 23.5 Å². The highest BCUT2D eigenvalue weighted by atomic mass is 19.1. The summed E-state index contributed by atoms with van der Waals surface area (Å²) in [6, 6.07) is 3.05. The van der Waals surface area contributed by atoms with Crippen molar-refractivity contribution in [1.29, 1.82) is 0 Å². The molecule has 1 aliphatic heterocycles. The molecule has 0 aliphatic carbocycles. The lowest BCUT2D eigenvalue weighted by Gasteiger charge is -2.30. The van der Waals surface area contributed by atoms with E-state index < -0.39 is 0 Å². The number of nitrogens with two attached hydrogens (primary N) is 1. The van der Waals surface area contributed by atoms with E-state index in [0.717, 1.165) is 31.6 Å². The largest absolute Gasteiger partial charge is 0.397 e. The van der Waals surface area contributed by atoms with Gasteiger partial charge in [0, 0.05) is 19.2 Å². The highest BCUT2D eigenvalue weighted by molar-refractivity contribution is 5.71. The Labute approximate surface area is 110 Å². The Morgan fingerprint density at radius 3 is 2.58 bits per heavy atom. The number of nitrogen functional groups attached to an aromatic ring is 1. The topological polar surface area (TPSA) is 72.9 Å². The van der Waals surface area contributed by atoms with Crippen LogP contribution in [-0.2, 0) is 0 Å². The van der Waals surface area contributed by atoms with Crippen molar-refractivity contribution in [2.45, 2.75) is 19.3 Å². The Balaban J connectivity index is 1.97. The minimum absolute atomic E-state index is 0.267. The molecule has 6 nitrogen and oxygen atoms in total. The van der Waals surface area contributed by atoms with Crippen molar-refractivity contribution in [3.05, 3.63) is 24.3 Å². The lowest BCUT2D eigenvalue weighted by atomic mass is 10.1. The zero-order valence-corrected chi connectivity index (χ0v) is 10.5. The summed E-state index contributed by atoms with van der Waals surface area (Å²) in [5.41, 5.74) is 7.61. The number of halogens is 1. The van der Waals surface area contributed by atoms with Crippen LogP contribution in [0.15, 0.2) is 18.5 Å². The van der Waals surface area contributed by atoms with E-state index in [4.69, 9.17) is 5.73 Å². The third kappa shape index (κ3) is 2.23. The molecule has 0 amide bonds. The number of hydrogen-bond donors (Lipinski definition) is 1. The molecule has 1 aromatic carbocycles. The molecule has 1 saturated heterocycles. The van der Waals surface area contributed by atoms with Gasteiger partial charge in [0.05, 0.1) is 11.4 Å². The average Bonchev–Trinajstić information content (AvgIpc) is 2.96. The van der Waals surface area contributed by atoms with Crippen LogP contribution in [0.5, 0.6) is 0 Å². The molecule has 100 valence electrons. The normalized spacial score (nSPS) is 15.7. The Morgan fingerprint density at radius 1 is 1.11 bits per heavy atom. The fourth-order valence-corrected chi connectivity index (χ4v) is 2.42. The molecule has 0 spiro atoms. The van der Waals surface area contributed by atoms with Gasteiger partial charge in [0.1, 0.15) is 12.0 Å². The van der Waals surface area contributed by atoms with Crippen LogP contribution in [0.2, 0.25) is 0 Å². The summed E-state index contributed by atoms with van der Waals surface area (Å²) < 4.78 is 15.4. The minimum Gasteiger partial charge on any atom is -0.397 e. The van der Waals surface area contributed by atoms with Crippen LogP contribution in [-0.4, -0.2) is 33.3 Å². The molecular formula is C12H15FN6. The van der Waals surface area contributed by atoms with E-state index in [9.17, 15) is 4.39 Å². The van der Waals surface area contributed by atoms with Crippen LogP contribution < -0.4 is 10.6 Å². The fourth-order valence-electron chi connectivity index (χ4n) is 2.42. The molecule has 7 heteroatoms. The van der Waals surface area contributed by atoms with Crippen molar-refractivity contribution in [3.63, 3.8) is 0 Å². The molecule has 19 heavy (non-hydrogen) atoms. The van der Waals surface area contributed by atoms with Crippen LogP contribution in [0, 0.1) is 5.82 Å². The predicted molar refractivity (Wildman–Crippen MR) is 69.6 cm³/mol. The summed E-state index contributed by atoms with van der Waals surface area (Å²) in [4.78, 5) is 2.13. The number of hydrogen-bond acceptors (Lipinski definition) is 5. The van der Waals surface area contributed by atoms with Gasteiger partial charge in [0.2, 0.25) is 0 Å². The molecule has 2 aromatic rings. The Bertz CT molecular complexity index is 562. The number of rotatable bonds is 2. The van der Waals surface area contributed by atoms with Gasteiger partial charge in [-0.15, -0.1) is 5.10 Å². The van der Waals surface area contributed by atoms with Crippen LogP contribution in [0.25, 0.3) is 5.69 Å². The Kier molecular flexibility index (Phi) is 3.02. The van der Waals surface area contributed by atoms with Crippen molar-refractivity contribution in [2.24, 2.45) is 0 Å². The molecule has 0 bridgehead atoms. The van der Waals surface area contributed by atoms with Crippen molar-refractivity contribution in [1.82, 2.24) is 20.2 Å². The second-order valence-electron chi connectivity index (χ2n) is 4.66. The van der Waals surface area contributed by atoms with Gasteiger partial charge in [0.25, 0.3) is 0 Å². The van der Waals surface area contributed by atoms with Crippen molar-refractivity contribution < 1.29 is 4.39 Å². The highest BCUT2D eigenvalue weighted by Crippen LogP contribution is 2.30. The molecule has 0 saturated carbocycles. The first kappa shape index (κ1) is 11.9. The number of benzene rings is 1. The third-order valence-electron chi connectivity index (χ3n) is 3.39. The second kappa shape index (κ2) is 4.83. The molecule has 2 heterocycles. The van der Waals surface area contributed by atoms with Gasteiger partial charge in [-0.2, -0.15) is 4.68 Å². The van der Waals surface area contributed by atoms with Gasteiger partial charge in [-0.05, 0) is 35.8 Å². The monoisotopic (exact) mass is 262 g/mol. The number of anilines is 2. The number of tetrazole rings is 1. The summed E-state index contributed by atoms with van der Waals surface area (Å²) in [7, 11) is 0. The first-order chi connectivity index (χ1) is 9.25. The van der Waals surface area contributed by atoms with Crippen LogP contribution in [0.1, 0.15) is 19.3 Å². The lowest BCUT2D eigenvalue weighted by Crippen LogP contribution is -2.30. The summed E-state index contributed by atoms with van der Waals surface area (Å²) in [6.45, 7) is 1.85. The SMILES string of the molecule is Nc1cc(-n2cnnn2)c(F)cc1N1CCCCC1. The van der Waals surface area contributed by atoms with Crippen LogP contribution in [0.4, 0.5) is 15.8 Å². The molecule has 1 aliphatic rings. The Morgan fingerprint density at radius 2 is 1.89 bits per heavy atom. The Hall–Kier alpha value is -2.18. The highest BCUT2D eigenvalue weighted by Gasteiger charge is 2.17. The molecule has 2 N–H and O–H groups in total. The fraction of sp³-hybridized carbons (Fsp3) is 0.417. The molecular weight excluding hydrogens is 247 g/mol. The molecule has 1 fully saturated rings. The maximum atomic E-state index is 14.1. The quantitative estimate of drug-likeness (QED) is 0.828. The molecule has 0 atom stereocenters. The van der Waals surface area contributed by atoms with E-state index in [-0.39, 0.29) is 11.5 Å². The van der Waals surface area contributed by atoms with Gasteiger partial charge in [0.15, 0.2) is 5.82 Å². The minimum atomic E-state index is -0.373. The average molecular weight is 262 g/mol. The smallest absolute Gasteiger partial charge is 0.151 e. The first-order valence-corrected chi connectivity index (χ1v) is 6.33. The molecule has 0 radical (unpaired) electrons. The molecule has 1 aromatic heterocycles. The van der Waals surface area contributed by atoms with E-state index >= 15 is 0 Å². The first-order valence-electron chi connectivity index (χ1n) is 6.33. The zero-order chi connectivity index (χ0) is 13.2. The van der Waals surface area contributed by atoms with E-state index in [0.29, 0.717) is 5.69 Å². The van der Waals surface area contributed by atoms with Gasteiger partial charge >= 0.3 is 0 Å². The number of aromatic nitrogens is 4. The molecule has 0 unspecified atom stereocenters. The van der Waals surface area contributed by atoms with E-state index in [2.05, 4.69) is 20.4 Å².